The second kappa shape index (κ2) is 6.45. The van der Waals surface area contributed by atoms with Gasteiger partial charge in [-0.1, -0.05) is 30.3 Å². The second-order valence-corrected chi connectivity index (χ2v) is 5.92. The van der Waals surface area contributed by atoms with Crippen molar-refractivity contribution in [3.05, 3.63) is 58.5 Å². The third kappa shape index (κ3) is 3.36. The Balaban J connectivity index is 1.64. The smallest absolute Gasteiger partial charge is 0.288 e. The van der Waals surface area contributed by atoms with Crippen LogP contribution < -0.4 is 5.32 Å². The second-order valence-electron chi connectivity index (χ2n) is 5.06. The van der Waals surface area contributed by atoms with Crippen molar-refractivity contribution in [1.82, 2.24) is 5.32 Å². The molecule has 1 aliphatic heterocycles. The Labute approximate surface area is 131 Å². The van der Waals surface area contributed by atoms with E-state index in [4.69, 9.17) is 9.15 Å². The van der Waals surface area contributed by atoms with Gasteiger partial charge in [-0.2, -0.15) is 0 Å². The van der Waals surface area contributed by atoms with E-state index in [-0.39, 0.29) is 18.1 Å². The highest BCUT2D eigenvalue weighted by Crippen LogP contribution is 2.28. The van der Waals surface area contributed by atoms with Gasteiger partial charge in [0.15, 0.2) is 0 Å². The van der Waals surface area contributed by atoms with E-state index in [1.54, 1.807) is 6.07 Å². The molecule has 0 bridgehead atoms. The number of nitrogens with one attached hydrogen (secondary N) is 1. The molecule has 2 aromatic rings. The van der Waals surface area contributed by atoms with Crippen LogP contribution in [0.4, 0.5) is 0 Å². The molecule has 21 heavy (non-hydrogen) atoms. The zero-order valence-electron chi connectivity index (χ0n) is 11.4. The lowest BCUT2D eigenvalue weighted by atomic mass is 9.97. The van der Waals surface area contributed by atoms with Crippen LogP contribution in [0.2, 0.25) is 0 Å². The molecule has 4 nitrogen and oxygen atoms in total. The zero-order chi connectivity index (χ0) is 14.7. The van der Waals surface area contributed by atoms with Crippen molar-refractivity contribution in [2.75, 3.05) is 6.61 Å². The molecule has 110 valence electrons. The highest BCUT2D eigenvalue weighted by atomic mass is 79.9. The zero-order valence-corrected chi connectivity index (χ0v) is 13.0. The van der Waals surface area contributed by atoms with Crippen molar-refractivity contribution < 1.29 is 13.9 Å². The normalized spacial score (nSPS) is 22.0. The standard InChI is InChI=1S/C16H16BrNO3/c17-13-7-9-21-15(13)16(19)18-12-6-8-20-14(10-12)11-4-2-1-3-5-11/h1-5,7,9,12,14H,6,8,10H2,(H,18,19). The molecular weight excluding hydrogens is 334 g/mol. The van der Waals surface area contributed by atoms with Gasteiger partial charge in [-0.15, -0.1) is 0 Å². The molecule has 1 saturated heterocycles. The molecule has 0 spiro atoms. The number of halogens is 1. The first-order valence-electron chi connectivity index (χ1n) is 6.94. The molecule has 3 rings (SSSR count). The molecule has 1 aromatic heterocycles. The molecule has 0 radical (unpaired) electrons. The fourth-order valence-electron chi connectivity index (χ4n) is 2.53. The maximum absolute atomic E-state index is 12.2. The van der Waals surface area contributed by atoms with Crippen molar-refractivity contribution in [3.8, 4) is 0 Å². The quantitative estimate of drug-likeness (QED) is 0.919. The summed E-state index contributed by atoms with van der Waals surface area (Å²) >= 11 is 3.30. The molecule has 0 aliphatic carbocycles. The average molecular weight is 350 g/mol. The number of hydrogen-bond acceptors (Lipinski definition) is 3. The number of amides is 1. The Morgan fingerprint density at radius 1 is 1.24 bits per heavy atom. The lowest BCUT2D eigenvalue weighted by Gasteiger charge is -2.30. The van der Waals surface area contributed by atoms with E-state index in [0.717, 1.165) is 18.4 Å². The summed E-state index contributed by atoms with van der Waals surface area (Å²) in [4.78, 5) is 12.2. The summed E-state index contributed by atoms with van der Waals surface area (Å²) < 4.78 is 11.7. The fraction of sp³-hybridized carbons (Fsp3) is 0.312. The molecular formula is C16H16BrNO3. The van der Waals surface area contributed by atoms with E-state index < -0.39 is 0 Å². The van der Waals surface area contributed by atoms with E-state index >= 15 is 0 Å². The lowest BCUT2D eigenvalue weighted by molar-refractivity contribution is 0.000707. The minimum Gasteiger partial charge on any atom is -0.458 e. The summed E-state index contributed by atoms with van der Waals surface area (Å²) in [6.07, 6.45) is 3.11. The van der Waals surface area contributed by atoms with Crippen molar-refractivity contribution in [2.45, 2.75) is 25.0 Å². The van der Waals surface area contributed by atoms with Gasteiger partial charge in [0.2, 0.25) is 5.76 Å². The van der Waals surface area contributed by atoms with Crippen LogP contribution in [0.15, 0.2) is 51.6 Å². The van der Waals surface area contributed by atoms with Gasteiger partial charge < -0.3 is 14.5 Å². The molecule has 1 aromatic carbocycles. The summed E-state index contributed by atoms with van der Waals surface area (Å²) in [5.74, 6) is 0.128. The fourth-order valence-corrected chi connectivity index (χ4v) is 2.92. The van der Waals surface area contributed by atoms with Crippen molar-refractivity contribution in [1.29, 1.82) is 0 Å². The van der Waals surface area contributed by atoms with Crippen LogP contribution in [-0.4, -0.2) is 18.6 Å². The van der Waals surface area contributed by atoms with Gasteiger partial charge in [0.05, 0.1) is 16.8 Å². The maximum atomic E-state index is 12.2. The Morgan fingerprint density at radius 3 is 2.76 bits per heavy atom. The van der Waals surface area contributed by atoms with Crippen LogP contribution >= 0.6 is 15.9 Å². The van der Waals surface area contributed by atoms with E-state index in [9.17, 15) is 4.79 Å². The molecule has 1 amide bonds. The number of carbonyl (C=O) groups is 1. The molecule has 2 unspecified atom stereocenters. The van der Waals surface area contributed by atoms with Gasteiger partial charge in [-0.05, 0) is 40.4 Å². The Hall–Kier alpha value is -1.59. The van der Waals surface area contributed by atoms with Crippen LogP contribution in [0, 0.1) is 0 Å². The molecule has 1 fully saturated rings. The van der Waals surface area contributed by atoms with Crippen LogP contribution in [-0.2, 0) is 4.74 Å². The summed E-state index contributed by atoms with van der Waals surface area (Å²) in [5.41, 5.74) is 1.15. The molecule has 5 heteroatoms. The van der Waals surface area contributed by atoms with Crippen LogP contribution in [0.25, 0.3) is 0 Å². The third-order valence-electron chi connectivity index (χ3n) is 3.61. The summed E-state index contributed by atoms with van der Waals surface area (Å²) in [6.45, 7) is 0.643. The van der Waals surface area contributed by atoms with Crippen LogP contribution in [0.3, 0.4) is 0 Å². The monoisotopic (exact) mass is 349 g/mol. The first-order valence-corrected chi connectivity index (χ1v) is 7.74. The third-order valence-corrected chi connectivity index (χ3v) is 4.24. The van der Waals surface area contributed by atoms with Crippen molar-refractivity contribution in [3.63, 3.8) is 0 Å². The van der Waals surface area contributed by atoms with Gasteiger partial charge >= 0.3 is 0 Å². The highest BCUT2D eigenvalue weighted by Gasteiger charge is 2.26. The molecule has 1 N–H and O–H groups in total. The van der Waals surface area contributed by atoms with E-state index in [2.05, 4.69) is 33.4 Å². The predicted molar refractivity (Wildman–Crippen MR) is 82.0 cm³/mol. The largest absolute Gasteiger partial charge is 0.458 e. The van der Waals surface area contributed by atoms with Gasteiger partial charge in [-0.3, -0.25) is 4.79 Å². The SMILES string of the molecule is O=C(NC1CCOC(c2ccccc2)C1)c1occc1Br. The first kappa shape index (κ1) is 14.4. The predicted octanol–water partition coefficient (Wildman–Crippen LogP) is 3.69. The Kier molecular flexibility index (Phi) is 4.41. The van der Waals surface area contributed by atoms with Gasteiger partial charge in [0, 0.05) is 12.6 Å². The average Bonchev–Trinajstić information content (AvgIpc) is 2.95. The number of ether oxygens (including phenoxy) is 1. The minimum absolute atomic E-state index is 0.0327. The topological polar surface area (TPSA) is 51.5 Å². The molecule has 1 aliphatic rings. The molecule has 2 atom stereocenters. The molecule has 2 heterocycles. The van der Waals surface area contributed by atoms with Gasteiger partial charge in [0.25, 0.3) is 5.91 Å². The van der Waals surface area contributed by atoms with Crippen LogP contribution in [0.1, 0.15) is 35.1 Å². The summed E-state index contributed by atoms with van der Waals surface area (Å²) in [6, 6.07) is 11.9. The number of benzene rings is 1. The lowest BCUT2D eigenvalue weighted by Crippen LogP contribution is -2.39. The first-order chi connectivity index (χ1) is 10.2. The number of furan rings is 1. The number of hydrogen-bond donors (Lipinski definition) is 1. The Bertz CT molecular complexity index is 611. The van der Waals surface area contributed by atoms with Crippen LogP contribution in [0.5, 0.6) is 0 Å². The van der Waals surface area contributed by atoms with Gasteiger partial charge in [0.1, 0.15) is 0 Å². The van der Waals surface area contributed by atoms with Crippen molar-refractivity contribution >= 4 is 21.8 Å². The van der Waals surface area contributed by atoms with E-state index in [1.165, 1.54) is 6.26 Å². The van der Waals surface area contributed by atoms with Gasteiger partial charge in [-0.25, -0.2) is 0 Å². The Morgan fingerprint density at radius 2 is 2.05 bits per heavy atom. The highest BCUT2D eigenvalue weighted by molar-refractivity contribution is 9.10. The van der Waals surface area contributed by atoms with Crippen molar-refractivity contribution in [2.24, 2.45) is 0 Å². The minimum atomic E-state index is -0.189. The molecule has 0 saturated carbocycles. The number of rotatable bonds is 3. The van der Waals surface area contributed by atoms with E-state index in [0.29, 0.717) is 16.8 Å². The number of carbonyl (C=O) groups excluding carboxylic acids is 1. The summed E-state index contributed by atoms with van der Waals surface area (Å²) in [5, 5.41) is 3.02. The maximum Gasteiger partial charge on any atom is 0.288 e. The summed E-state index contributed by atoms with van der Waals surface area (Å²) in [7, 11) is 0. The van der Waals surface area contributed by atoms with E-state index in [1.807, 2.05) is 18.2 Å².